The highest BCUT2D eigenvalue weighted by Gasteiger charge is 2.45. The second-order valence-electron chi connectivity index (χ2n) is 4.98. The van der Waals surface area contributed by atoms with Gasteiger partial charge < -0.3 is 15.3 Å². The van der Waals surface area contributed by atoms with Crippen LogP contribution in [0.25, 0.3) is 0 Å². The van der Waals surface area contributed by atoms with Gasteiger partial charge in [0.1, 0.15) is 0 Å². The van der Waals surface area contributed by atoms with E-state index in [1.54, 1.807) is 11.0 Å². The van der Waals surface area contributed by atoms with E-state index in [1.807, 2.05) is 13.8 Å². The average molecular weight is 254 g/mol. The molecule has 5 heteroatoms. The van der Waals surface area contributed by atoms with Crippen molar-refractivity contribution in [1.82, 2.24) is 10.2 Å². The van der Waals surface area contributed by atoms with Crippen molar-refractivity contribution in [3.8, 4) is 0 Å². The third-order valence-corrected chi connectivity index (χ3v) is 3.53. The summed E-state index contributed by atoms with van der Waals surface area (Å²) in [4.78, 5) is 24.9. The molecule has 0 aromatic heterocycles. The maximum atomic E-state index is 11.9. The standard InChI is InChI=1S/C13H22N2O3/c1-4-6-13(11(16)17)7-8-15(9-13)12(18)14-10(3)5-2/h5,10H,2,4,6-9H2,1,3H3,(H,14,18)(H,16,17). The molecular formula is C13H22N2O3. The van der Waals surface area contributed by atoms with E-state index in [0.717, 1.165) is 6.42 Å². The molecule has 102 valence electrons. The SMILES string of the molecule is C=CC(C)NC(=O)N1CCC(CCC)(C(=O)O)C1. The van der Waals surface area contributed by atoms with E-state index in [-0.39, 0.29) is 12.1 Å². The zero-order chi connectivity index (χ0) is 13.8. The molecule has 0 aromatic carbocycles. The summed E-state index contributed by atoms with van der Waals surface area (Å²) in [6, 6.07) is -0.315. The zero-order valence-electron chi connectivity index (χ0n) is 11.1. The van der Waals surface area contributed by atoms with Crippen molar-refractivity contribution in [2.45, 2.75) is 39.2 Å². The quantitative estimate of drug-likeness (QED) is 0.736. The Bertz CT molecular complexity index is 343. The normalized spacial score (nSPS) is 24.7. The molecule has 2 unspecified atom stereocenters. The minimum absolute atomic E-state index is 0.108. The molecular weight excluding hydrogens is 232 g/mol. The van der Waals surface area contributed by atoms with Gasteiger partial charge in [-0.1, -0.05) is 19.4 Å². The van der Waals surface area contributed by atoms with Gasteiger partial charge in [-0.3, -0.25) is 4.79 Å². The van der Waals surface area contributed by atoms with Gasteiger partial charge in [-0.25, -0.2) is 4.79 Å². The predicted octanol–water partition coefficient (Wildman–Crippen LogP) is 1.85. The Kier molecular flexibility index (Phi) is 4.76. The maximum Gasteiger partial charge on any atom is 0.317 e. The number of carboxylic acids is 1. The van der Waals surface area contributed by atoms with Crippen molar-refractivity contribution in [3.05, 3.63) is 12.7 Å². The number of hydrogen-bond acceptors (Lipinski definition) is 2. The first-order chi connectivity index (χ1) is 8.45. The highest BCUT2D eigenvalue weighted by atomic mass is 16.4. The first-order valence-corrected chi connectivity index (χ1v) is 6.36. The molecule has 5 nitrogen and oxygen atoms in total. The van der Waals surface area contributed by atoms with Crippen molar-refractivity contribution < 1.29 is 14.7 Å². The minimum atomic E-state index is -0.795. The molecule has 1 heterocycles. The van der Waals surface area contributed by atoms with Crippen LogP contribution in [-0.4, -0.2) is 41.1 Å². The fraction of sp³-hybridized carbons (Fsp3) is 0.692. The summed E-state index contributed by atoms with van der Waals surface area (Å²) in [5, 5.41) is 12.1. The van der Waals surface area contributed by atoms with Gasteiger partial charge >= 0.3 is 12.0 Å². The number of urea groups is 1. The molecule has 2 atom stereocenters. The first kappa shape index (κ1) is 14.5. The number of rotatable bonds is 5. The summed E-state index contributed by atoms with van der Waals surface area (Å²) in [6.45, 7) is 8.19. The molecule has 2 N–H and O–H groups in total. The number of carbonyl (C=O) groups excluding carboxylic acids is 1. The lowest BCUT2D eigenvalue weighted by atomic mass is 9.83. The number of carboxylic acid groups (broad SMARTS) is 1. The molecule has 1 saturated heterocycles. The van der Waals surface area contributed by atoms with Crippen LogP contribution in [0.15, 0.2) is 12.7 Å². The van der Waals surface area contributed by atoms with Crippen LogP contribution in [0.3, 0.4) is 0 Å². The van der Waals surface area contributed by atoms with Gasteiger partial charge in [-0.05, 0) is 19.8 Å². The molecule has 18 heavy (non-hydrogen) atoms. The molecule has 1 fully saturated rings. The van der Waals surface area contributed by atoms with Crippen LogP contribution < -0.4 is 5.32 Å². The van der Waals surface area contributed by atoms with E-state index in [0.29, 0.717) is 25.9 Å². The first-order valence-electron chi connectivity index (χ1n) is 6.36. The number of likely N-dealkylation sites (tertiary alicyclic amines) is 1. The maximum absolute atomic E-state index is 11.9. The van der Waals surface area contributed by atoms with Crippen LogP contribution in [0.1, 0.15) is 33.1 Å². The fourth-order valence-corrected chi connectivity index (χ4v) is 2.35. The van der Waals surface area contributed by atoms with Crippen molar-refractivity contribution in [3.63, 3.8) is 0 Å². The minimum Gasteiger partial charge on any atom is -0.481 e. The largest absolute Gasteiger partial charge is 0.481 e. The van der Waals surface area contributed by atoms with Gasteiger partial charge in [-0.2, -0.15) is 0 Å². The molecule has 0 spiro atoms. The number of amides is 2. The van der Waals surface area contributed by atoms with E-state index in [4.69, 9.17) is 0 Å². The summed E-state index contributed by atoms with van der Waals surface area (Å²) in [6.07, 6.45) is 3.60. The second kappa shape index (κ2) is 5.89. The molecule has 0 saturated carbocycles. The van der Waals surface area contributed by atoms with Crippen LogP contribution >= 0.6 is 0 Å². The predicted molar refractivity (Wildman–Crippen MR) is 69.4 cm³/mol. The number of carbonyl (C=O) groups is 2. The Hall–Kier alpha value is -1.52. The Balaban J connectivity index is 2.66. The summed E-state index contributed by atoms with van der Waals surface area (Å²) >= 11 is 0. The van der Waals surface area contributed by atoms with E-state index in [1.165, 1.54) is 0 Å². The molecule has 0 radical (unpaired) electrons. The van der Waals surface area contributed by atoms with Crippen molar-refractivity contribution in [1.29, 1.82) is 0 Å². The van der Waals surface area contributed by atoms with E-state index in [9.17, 15) is 14.7 Å². The van der Waals surface area contributed by atoms with Crippen LogP contribution in [0.2, 0.25) is 0 Å². The molecule has 0 bridgehead atoms. The lowest BCUT2D eigenvalue weighted by Crippen LogP contribution is -2.44. The molecule has 1 rings (SSSR count). The highest BCUT2D eigenvalue weighted by Crippen LogP contribution is 2.35. The number of hydrogen-bond donors (Lipinski definition) is 2. The number of aliphatic carboxylic acids is 1. The van der Waals surface area contributed by atoms with Crippen LogP contribution in [0, 0.1) is 5.41 Å². The number of nitrogens with one attached hydrogen (secondary N) is 1. The van der Waals surface area contributed by atoms with Crippen LogP contribution in [0.4, 0.5) is 4.79 Å². The number of nitrogens with zero attached hydrogens (tertiary/aromatic N) is 1. The average Bonchev–Trinajstić information content (AvgIpc) is 2.75. The fourth-order valence-electron chi connectivity index (χ4n) is 2.35. The monoisotopic (exact) mass is 254 g/mol. The summed E-state index contributed by atoms with van der Waals surface area (Å²) in [7, 11) is 0. The zero-order valence-corrected chi connectivity index (χ0v) is 11.1. The Labute approximate surface area is 108 Å². The van der Waals surface area contributed by atoms with Gasteiger partial charge in [0.25, 0.3) is 0 Å². The molecule has 2 amide bonds. The van der Waals surface area contributed by atoms with Crippen molar-refractivity contribution in [2.24, 2.45) is 5.41 Å². The Morgan fingerprint density at radius 1 is 1.61 bits per heavy atom. The van der Waals surface area contributed by atoms with Gasteiger partial charge in [0.15, 0.2) is 0 Å². The summed E-state index contributed by atoms with van der Waals surface area (Å²) in [5.74, 6) is -0.795. The van der Waals surface area contributed by atoms with E-state index >= 15 is 0 Å². The van der Waals surface area contributed by atoms with E-state index in [2.05, 4.69) is 11.9 Å². The highest BCUT2D eigenvalue weighted by molar-refractivity contribution is 5.80. The van der Waals surface area contributed by atoms with Gasteiger partial charge in [0.05, 0.1) is 5.41 Å². The van der Waals surface area contributed by atoms with Crippen LogP contribution in [0.5, 0.6) is 0 Å². The molecule has 1 aliphatic heterocycles. The topological polar surface area (TPSA) is 69.6 Å². The lowest BCUT2D eigenvalue weighted by Gasteiger charge is -2.24. The summed E-state index contributed by atoms with van der Waals surface area (Å²) < 4.78 is 0. The molecule has 0 aliphatic carbocycles. The van der Waals surface area contributed by atoms with Gasteiger partial charge in [0, 0.05) is 19.1 Å². The smallest absolute Gasteiger partial charge is 0.317 e. The third kappa shape index (κ3) is 3.03. The van der Waals surface area contributed by atoms with Gasteiger partial charge in [-0.15, -0.1) is 6.58 Å². The van der Waals surface area contributed by atoms with Crippen molar-refractivity contribution in [2.75, 3.05) is 13.1 Å². The Morgan fingerprint density at radius 3 is 2.78 bits per heavy atom. The lowest BCUT2D eigenvalue weighted by molar-refractivity contribution is -0.148. The second-order valence-corrected chi connectivity index (χ2v) is 4.98. The summed E-state index contributed by atoms with van der Waals surface area (Å²) in [5.41, 5.74) is -0.760. The van der Waals surface area contributed by atoms with Crippen molar-refractivity contribution >= 4 is 12.0 Å². The van der Waals surface area contributed by atoms with Gasteiger partial charge in [0.2, 0.25) is 0 Å². The molecule has 1 aliphatic rings. The molecule has 0 aromatic rings. The Morgan fingerprint density at radius 2 is 2.28 bits per heavy atom. The third-order valence-electron chi connectivity index (χ3n) is 3.53. The van der Waals surface area contributed by atoms with E-state index < -0.39 is 11.4 Å². The van der Waals surface area contributed by atoms with Crippen LogP contribution in [-0.2, 0) is 4.79 Å².